The quantitative estimate of drug-likeness (QED) is 0.0480. The van der Waals surface area contributed by atoms with Crippen molar-refractivity contribution in [2.45, 2.75) is 38.5 Å². The number of halogens is 6. The predicted octanol–water partition coefficient (Wildman–Crippen LogP) is 6.45. The van der Waals surface area contributed by atoms with E-state index in [1.54, 1.807) is 0 Å². The summed E-state index contributed by atoms with van der Waals surface area (Å²) in [6, 6.07) is 19.9. The average molecular weight is 932 g/mol. The summed E-state index contributed by atoms with van der Waals surface area (Å²) in [5.41, 5.74) is 25.2. The Morgan fingerprint density at radius 1 is 0.426 bits per heavy atom. The Bertz CT molecular complexity index is 1080. The molecule has 0 amide bonds. The van der Waals surface area contributed by atoms with Crippen LogP contribution in [0.25, 0.3) is 0 Å². The molecule has 54 heavy (non-hydrogen) atoms. The molecule has 0 radical (unpaired) electrons. The minimum Gasteiger partial charge on any atom is -0.329 e. The van der Waals surface area contributed by atoms with E-state index >= 15 is 0 Å². The summed E-state index contributed by atoms with van der Waals surface area (Å²) in [7, 11) is -6.64. The zero-order valence-corrected chi connectivity index (χ0v) is 38.0. The van der Waals surface area contributed by atoms with Gasteiger partial charge in [0, 0.05) is 65.4 Å². The van der Waals surface area contributed by atoms with E-state index in [1.165, 1.54) is 0 Å². The SMILES string of the molecule is Cl.Cl.Cl.Cl.Cl.Cl.NCCN(CCN)CCP(=O)(OCCCCCCOP(=O)(CCN(CCN)CCN)OCCc1ccccc1)OCCc1ccccc1. The summed E-state index contributed by atoms with van der Waals surface area (Å²) < 4.78 is 51.1. The van der Waals surface area contributed by atoms with Gasteiger partial charge >= 0.3 is 15.2 Å². The Labute approximate surface area is 362 Å². The van der Waals surface area contributed by atoms with E-state index in [9.17, 15) is 9.13 Å². The lowest BCUT2D eigenvalue weighted by Crippen LogP contribution is -2.36. The molecule has 0 saturated heterocycles. The largest absolute Gasteiger partial charge is 0.331 e. The maximum Gasteiger partial charge on any atom is 0.331 e. The Morgan fingerprint density at radius 2 is 0.722 bits per heavy atom. The van der Waals surface area contributed by atoms with Gasteiger partial charge in [-0.15, -0.1) is 74.4 Å². The molecule has 20 heteroatoms. The van der Waals surface area contributed by atoms with Crippen molar-refractivity contribution in [1.29, 1.82) is 0 Å². The van der Waals surface area contributed by atoms with Crippen LogP contribution in [-0.4, -0.2) is 114 Å². The van der Waals surface area contributed by atoms with Crippen LogP contribution in [0.1, 0.15) is 36.8 Å². The Hall–Kier alpha value is 0.240. The molecular formula is C34H68Cl6N6O6P2. The highest BCUT2D eigenvalue weighted by Gasteiger charge is 2.27. The summed E-state index contributed by atoms with van der Waals surface area (Å²) in [5, 5.41) is 0. The number of hydrogen-bond donors (Lipinski definition) is 4. The highest BCUT2D eigenvalue weighted by atomic mass is 35.5. The van der Waals surface area contributed by atoms with Gasteiger partial charge in [0.05, 0.1) is 38.8 Å². The van der Waals surface area contributed by atoms with Crippen molar-refractivity contribution in [2.75, 3.05) is 104 Å². The van der Waals surface area contributed by atoms with Crippen molar-refractivity contribution in [2.24, 2.45) is 22.9 Å². The van der Waals surface area contributed by atoms with Gasteiger partial charge in [-0.3, -0.25) is 9.13 Å². The smallest absolute Gasteiger partial charge is 0.329 e. The molecule has 12 nitrogen and oxygen atoms in total. The summed E-state index contributed by atoms with van der Waals surface area (Å²) in [5.74, 6) is 0. The Morgan fingerprint density at radius 3 is 1.02 bits per heavy atom. The number of benzene rings is 2. The minimum atomic E-state index is -3.32. The van der Waals surface area contributed by atoms with Crippen LogP contribution >= 0.6 is 89.6 Å². The van der Waals surface area contributed by atoms with E-state index in [0.717, 1.165) is 36.8 Å². The van der Waals surface area contributed by atoms with Crippen LogP contribution in [0, 0.1) is 0 Å². The molecule has 0 aliphatic rings. The van der Waals surface area contributed by atoms with Crippen LogP contribution in [0.4, 0.5) is 0 Å². The molecule has 0 heterocycles. The van der Waals surface area contributed by atoms with E-state index in [0.29, 0.717) is 105 Å². The first-order chi connectivity index (χ1) is 23.3. The molecule has 0 saturated carbocycles. The maximum absolute atomic E-state index is 13.7. The molecular weight excluding hydrogens is 863 g/mol. The summed E-state index contributed by atoms with van der Waals surface area (Å²) in [6.07, 6.45) is 5.01. The van der Waals surface area contributed by atoms with Crippen LogP contribution in [-0.2, 0) is 40.1 Å². The van der Waals surface area contributed by atoms with E-state index in [2.05, 4.69) is 9.80 Å². The van der Waals surface area contributed by atoms with Crippen LogP contribution < -0.4 is 22.9 Å². The van der Waals surface area contributed by atoms with Crippen LogP contribution in [0.2, 0.25) is 0 Å². The monoisotopic (exact) mass is 928 g/mol. The molecule has 0 aliphatic heterocycles. The fraction of sp³-hybridized carbons (Fsp3) is 0.647. The molecule has 8 N–H and O–H groups in total. The predicted molar refractivity (Wildman–Crippen MR) is 240 cm³/mol. The second-order valence-electron chi connectivity index (χ2n) is 11.7. The molecule has 0 bridgehead atoms. The summed E-state index contributed by atoms with van der Waals surface area (Å²) in [4.78, 5) is 4.18. The van der Waals surface area contributed by atoms with Crippen LogP contribution in [0.5, 0.6) is 0 Å². The van der Waals surface area contributed by atoms with Crippen LogP contribution in [0.3, 0.4) is 0 Å². The number of rotatable bonds is 31. The van der Waals surface area contributed by atoms with Gasteiger partial charge in [-0.05, 0) is 36.8 Å². The normalized spacial score (nSPS) is 12.8. The van der Waals surface area contributed by atoms with Gasteiger partial charge < -0.3 is 50.8 Å². The zero-order valence-electron chi connectivity index (χ0n) is 31.3. The fourth-order valence-corrected chi connectivity index (χ4v) is 8.40. The third kappa shape index (κ3) is 30.3. The lowest BCUT2D eigenvalue weighted by molar-refractivity contribution is 0.190. The molecule has 0 aliphatic carbocycles. The minimum absolute atomic E-state index is 0. The van der Waals surface area contributed by atoms with Crippen molar-refractivity contribution in [1.82, 2.24) is 9.80 Å². The molecule has 2 atom stereocenters. The molecule has 322 valence electrons. The van der Waals surface area contributed by atoms with E-state index in [4.69, 9.17) is 41.0 Å². The van der Waals surface area contributed by atoms with Crippen molar-refractivity contribution in [3.05, 3.63) is 71.8 Å². The second-order valence-corrected chi connectivity index (χ2v) is 16.1. The highest BCUT2D eigenvalue weighted by molar-refractivity contribution is 7.54. The van der Waals surface area contributed by atoms with Gasteiger partial charge in [0.25, 0.3) is 0 Å². The van der Waals surface area contributed by atoms with Gasteiger partial charge in [-0.2, -0.15) is 0 Å². The number of nitrogens with two attached hydrogens (primary N) is 4. The maximum atomic E-state index is 13.7. The topological polar surface area (TPSA) is 182 Å². The van der Waals surface area contributed by atoms with Crippen molar-refractivity contribution < 1.29 is 27.2 Å². The third-order valence-electron chi connectivity index (χ3n) is 7.82. The molecule has 2 aromatic carbocycles. The first kappa shape index (κ1) is 63.4. The van der Waals surface area contributed by atoms with Gasteiger partial charge in [0.1, 0.15) is 0 Å². The van der Waals surface area contributed by atoms with Gasteiger partial charge in [-0.25, -0.2) is 0 Å². The molecule has 2 rings (SSSR count). The lowest BCUT2D eigenvalue weighted by Gasteiger charge is -2.24. The van der Waals surface area contributed by atoms with Crippen molar-refractivity contribution in [3.8, 4) is 0 Å². The van der Waals surface area contributed by atoms with Crippen LogP contribution in [0.15, 0.2) is 60.7 Å². The number of nitrogens with zero attached hydrogens (tertiary/aromatic N) is 2. The zero-order chi connectivity index (χ0) is 34.8. The molecule has 0 fully saturated rings. The average Bonchev–Trinajstić information content (AvgIpc) is 3.09. The van der Waals surface area contributed by atoms with E-state index in [1.807, 2.05) is 60.7 Å². The second kappa shape index (κ2) is 40.0. The Kier molecular flexibility index (Phi) is 47.0. The van der Waals surface area contributed by atoms with Gasteiger partial charge in [0.15, 0.2) is 0 Å². The Balaban J connectivity index is -0.00000133. The van der Waals surface area contributed by atoms with E-state index < -0.39 is 15.2 Å². The molecule has 2 unspecified atom stereocenters. The summed E-state index contributed by atoms with van der Waals surface area (Å²) >= 11 is 0. The van der Waals surface area contributed by atoms with E-state index in [-0.39, 0.29) is 86.8 Å². The molecule has 0 aromatic heterocycles. The molecule has 2 aromatic rings. The first-order valence-electron chi connectivity index (χ1n) is 17.4. The lowest BCUT2D eigenvalue weighted by atomic mass is 10.2. The van der Waals surface area contributed by atoms with Crippen molar-refractivity contribution in [3.63, 3.8) is 0 Å². The fourth-order valence-electron chi connectivity index (χ4n) is 5.12. The number of hydrogen-bond acceptors (Lipinski definition) is 12. The standard InChI is InChI=1S/C34H62N6O6P2.6ClH/c35-17-21-39(22-18-36)25-31-47(41,45-29-15-33-11-5-3-6-12-33)43-27-9-1-2-10-28-44-48(42,32-26-40(23-19-37)24-20-38)46-30-16-34-13-7-4-8-14-34;;;;;;/h3-8,11-14H,1-2,9-10,15-32,35-38H2;6*1H. The summed E-state index contributed by atoms with van der Waals surface area (Å²) in [6.45, 7) is 7.07. The van der Waals surface area contributed by atoms with Gasteiger partial charge in [0.2, 0.25) is 0 Å². The molecule has 0 spiro atoms. The van der Waals surface area contributed by atoms with Gasteiger partial charge in [-0.1, -0.05) is 73.5 Å². The number of unbranched alkanes of at least 4 members (excludes halogenated alkanes) is 3. The highest BCUT2D eigenvalue weighted by Crippen LogP contribution is 2.49. The van der Waals surface area contributed by atoms with Crippen molar-refractivity contribution >= 4 is 89.6 Å². The third-order valence-corrected chi connectivity index (χ3v) is 11.6. The first-order valence-corrected chi connectivity index (χ1v) is 20.9.